The van der Waals surface area contributed by atoms with Gasteiger partial charge in [0.05, 0.1) is 5.60 Å². The van der Waals surface area contributed by atoms with Gasteiger partial charge in [0.2, 0.25) is 0 Å². The number of unbranched alkanes of at least 4 members (excludes halogenated alkanes) is 1. The Kier molecular flexibility index (Phi) is 6.35. The Morgan fingerprint density at radius 2 is 1.77 bits per heavy atom. The summed E-state index contributed by atoms with van der Waals surface area (Å²) in [5, 5.41) is 0. The molecule has 0 amide bonds. The van der Waals surface area contributed by atoms with Crippen molar-refractivity contribution in [2.45, 2.75) is 46.1 Å². The van der Waals surface area contributed by atoms with Crippen molar-refractivity contribution in [1.29, 1.82) is 0 Å². The van der Waals surface area contributed by atoms with Gasteiger partial charge in [-0.15, -0.1) is 0 Å². The largest absolute Gasteiger partial charge is 0.376 e. The third kappa shape index (κ3) is 9.84. The molecule has 0 heterocycles. The molecule has 0 rings (SSSR count). The third-order valence-corrected chi connectivity index (χ3v) is 2.01. The van der Waals surface area contributed by atoms with Crippen molar-refractivity contribution in [3.05, 3.63) is 0 Å². The van der Waals surface area contributed by atoms with Gasteiger partial charge in [0.15, 0.2) is 0 Å². The Bertz CT molecular complexity index is 118. The van der Waals surface area contributed by atoms with Crippen LogP contribution in [0.5, 0.6) is 0 Å². The Balaban J connectivity index is 3.18. The van der Waals surface area contributed by atoms with E-state index in [4.69, 9.17) is 4.74 Å². The van der Waals surface area contributed by atoms with E-state index in [0.717, 1.165) is 13.2 Å². The molecule has 2 heteroatoms. The summed E-state index contributed by atoms with van der Waals surface area (Å²) in [5.74, 6) is 0. The molecule has 13 heavy (non-hydrogen) atoms. The maximum Gasteiger partial charge on any atom is 0.0598 e. The van der Waals surface area contributed by atoms with Crippen LogP contribution < -0.4 is 0 Å². The molecule has 80 valence electrons. The van der Waals surface area contributed by atoms with Crippen molar-refractivity contribution in [3.63, 3.8) is 0 Å². The summed E-state index contributed by atoms with van der Waals surface area (Å²) in [4.78, 5) is 2.33. The van der Waals surface area contributed by atoms with Gasteiger partial charge >= 0.3 is 0 Å². The minimum absolute atomic E-state index is 0.0245. The molecule has 0 saturated carbocycles. The summed E-state index contributed by atoms with van der Waals surface area (Å²) >= 11 is 0. The molecule has 0 bridgehead atoms. The number of rotatable bonds is 6. The second kappa shape index (κ2) is 6.39. The molecule has 0 aromatic carbocycles. The number of hydrogen-bond donors (Lipinski definition) is 0. The fourth-order valence-electron chi connectivity index (χ4n) is 1.02. The first-order valence-electron chi connectivity index (χ1n) is 5.28. The van der Waals surface area contributed by atoms with E-state index >= 15 is 0 Å². The van der Waals surface area contributed by atoms with E-state index in [1.54, 1.807) is 0 Å². The van der Waals surface area contributed by atoms with E-state index in [2.05, 4.69) is 39.6 Å². The topological polar surface area (TPSA) is 12.5 Å². The minimum Gasteiger partial charge on any atom is -0.376 e. The normalized spacial score (nSPS) is 12.5. The Hall–Kier alpha value is -0.0800. The Morgan fingerprint density at radius 3 is 2.23 bits per heavy atom. The van der Waals surface area contributed by atoms with Gasteiger partial charge in [-0.2, -0.15) is 0 Å². The van der Waals surface area contributed by atoms with Gasteiger partial charge in [-0.1, -0.05) is 6.92 Å². The van der Waals surface area contributed by atoms with Gasteiger partial charge in [-0.05, 0) is 53.8 Å². The zero-order valence-electron chi connectivity index (χ0n) is 9.89. The van der Waals surface area contributed by atoms with Gasteiger partial charge in [0, 0.05) is 6.61 Å². The van der Waals surface area contributed by atoms with Gasteiger partial charge in [0.1, 0.15) is 0 Å². The highest BCUT2D eigenvalue weighted by molar-refractivity contribution is 4.58. The van der Waals surface area contributed by atoms with Gasteiger partial charge in [-0.3, -0.25) is 0 Å². The molecular weight excluding hydrogens is 162 g/mol. The number of hydrogen-bond acceptors (Lipinski definition) is 2. The van der Waals surface area contributed by atoms with E-state index in [0.29, 0.717) is 0 Å². The molecule has 0 aliphatic carbocycles. The smallest absolute Gasteiger partial charge is 0.0598 e. The SMILES string of the molecule is CCN(C)CCCCOC(C)(C)C. The molecule has 0 spiro atoms. The highest BCUT2D eigenvalue weighted by atomic mass is 16.5. The zero-order valence-corrected chi connectivity index (χ0v) is 9.89. The molecule has 0 saturated heterocycles. The minimum atomic E-state index is 0.0245. The summed E-state index contributed by atoms with van der Waals surface area (Å²) in [6.45, 7) is 11.7. The second-order valence-corrected chi connectivity index (χ2v) is 4.56. The van der Waals surface area contributed by atoms with Crippen LogP contribution in [0.3, 0.4) is 0 Å². The van der Waals surface area contributed by atoms with Crippen molar-refractivity contribution in [1.82, 2.24) is 4.90 Å². The number of ether oxygens (including phenoxy) is 1. The lowest BCUT2D eigenvalue weighted by Gasteiger charge is -2.20. The lowest BCUT2D eigenvalue weighted by molar-refractivity contribution is -0.00510. The van der Waals surface area contributed by atoms with Gasteiger partial charge in [0.25, 0.3) is 0 Å². The maximum atomic E-state index is 5.63. The Morgan fingerprint density at radius 1 is 1.15 bits per heavy atom. The predicted molar refractivity (Wildman–Crippen MR) is 58.1 cm³/mol. The van der Waals surface area contributed by atoms with E-state index in [1.807, 2.05) is 0 Å². The molecule has 2 nitrogen and oxygen atoms in total. The highest BCUT2D eigenvalue weighted by Gasteiger charge is 2.08. The molecule has 0 unspecified atom stereocenters. The molecule has 0 aromatic rings. The maximum absolute atomic E-state index is 5.63. The summed E-state index contributed by atoms with van der Waals surface area (Å²) in [7, 11) is 2.16. The molecule has 0 fully saturated rings. The van der Waals surface area contributed by atoms with Crippen molar-refractivity contribution in [2.24, 2.45) is 0 Å². The van der Waals surface area contributed by atoms with Crippen LogP contribution in [0.25, 0.3) is 0 Å². The summed E-state index contributed by atoms with van der Waals surface area (Å²) in [5.41, 5.74) is 0.0245. The molecule has 0 aromatic heterocycles. The standard InChI is InChI=1S/C11H25NO/c1-6-12(5)9-7-8-10-13-11(2,3)4/h6-10H2,1-5H3. The average Bonchev–Trinajstić information content (AvgIpc) is 2.01. The fourth-order valence-corrected chi connectivity index (χ4v) is 1.02. The van der Waals surface area contributed by atoms with Gasteiger partial charge < -0.3 is 9.64 Å². The first-order chi connectivity index (χ1) is 5.95. The predicted octanol–water partition coefficient (Wildman–Crippen LogP) is 2.53. The van der Waals surface area contributed by atoms with Crippen molar-refractivity contribution in [3.8, 4) is 0 Å². The van der Waals surface area contributed by atoms with Crippen LogP contribution in [0.1, 0.15) is 40.5 Å². The van der Waals surface area contributed by atoms with Crippen LogP contribution in [0.4, 0.5) is 0 Å². The van der Waals surface area contributed by atoms with Crippen LogP contribution in [0, 0.1) is 0 Å². The average molecular weight is 187 g/mol. The molecule has 0 N–H and O–H groups in total. The van der Waals surface area contributed by atoms with Crippen LogP contribution in [0.15, 0.2) is 0 Å². The lowest BCUT2D eigenvalue weighted by atomic mass is 10.2. The van der Waals surface area contributed by atoms with E-state index in [9.17, 15) is 0 Å². The van der Waals surface area contributed by atoms with E-state index in [-0.39, 0.29) is 5.60 Å². The molecule has 0 aliphatic rings. The molecule has 0 aliphatic heterocycles. The van der Waals surface area contributed by atoms with E-state index in [1.165, 1.54) is 19.4 Å². The summed E-state index contributed by atoms with van der Waals surface area (Å²) in [6, 6.07) is 0. The zero-order chi connectivity index (χ0) is 10.3. The lowest BCUT2D eigenvalue weighted by Crippen LogP contribution is -2.21. The van der Waals surface area contributed by atoms with Crippen molar-refractivity contribution < 1.29 is 4.74 Å². The van der Waals surface area contributed by atoms with Gasteiger partial charge in [-0.25, -0.2) is 0 Å². The third-order valence-electron chi connectivity index (χ3n) is 2.01. The number of nitrogens with zero attached hydrogens (tertiary/aromatic N) is 1. The van der Waals surface area contributed by atoms with Crippen molar-refractivity contribution in [2.75, 3.05) is 26.7 Å². The first kappa shape index (κ1) is 12.9. The summed E-state index contributed by atoms with van der Waals surface area (Å²) < 4.78 is 5.63. The summed E-state index contributed by atoms with van der Waals surface area (Å²) in [6.07, 6.45) is 2.40. The molecule has 0 radical (unpaired) electrons. The highest BCUT2D eigenvalue weighted by Crippen LogP contribution is 2.07. The van der Waals surface area contributed by atoms with Crippen LogP contribution in [0.2, 0.25) is 0 Å². The van der Waals surface area contributed by atoms with Crippen LogP contribution >= 0.6 is 0 Å². The second-order valence-electron chi connectivity index (χ2n) is 4.56. The van der Waals surface area contributed by atoms with Crippen LogP contribution in [-0.4, -0.2) is 37.2 Å². The van der Waals surface area contributed by atoms with Crippen molar-refractivity contribution >= 4 is 0 Å². The molecule has 0 atom stereocenters. The van der Waals surface area contributed by atoms with E-state index < -0.39 is 0 Å². The molecular formula is C11H25NO. The van der Waals surface area contributed by atoms with Crippen LogP contribution in [-0.2, 0) is 4.74 Å². The quantitative estimate of drug-likeness (QED) is 0.592. The Labute approximate surface area is 83.3 Å². The monoisotopic (exact) mass is 187 g/mol. The first-order valence-corrected chi connectivity index (χ1v) is 5.28. The fraction of sp³-hybridized carbons (Fsp3) is 1.00.